The van der Waals surface area contributed by atoms with Crippen LogP contribution in [-0.2, 0) is 0 Å². The van der Waals surface area contributed by atoms with E-state index in [1.807, 2.05) is 18.2 Å². The number of ether oxygens (including phenoxy) is 1. The molecule has 7 nitrogen and oxygen atoms in total. The summed E-state index contributed by atoms with van der Waals surface area (Å²) in [5.74, 6) is 0.545. The number of nitrogens with one attached hydrogen (secondary N) is 1. The minimum atomic E-state index is -0.619. The Morgan fingerprint density at radius 3 is 2.84 bits per heavy atom. The number of rotatable bonds is 4. The van der Waals surface area contributed by atoms with Crippen LogP contribution in [-0.4, -0.2) is 33.0 Å². The quantitative estimate of drug-likeness (QED) is 0.680. The fraction of sp³-hybridized carbons (Fsp3) is 0.0556. The van der Waals surface area contributed by atoms with Gasteiger partial charge in [-0.05, 0) is 36.4 Å². The molecule has 1 amide bonds. The number of imidazole rings is 1. The van der Waals surface area contributed by atoms with Gasteiger partial charge in [-0.15, -0.1) is 0 Å². The third-order valence-electron chi connectivity index (χ3n) is 3.89. The van der Waals surface area contributed by atoms with Gasteiger partial charge in [-0.3, -0.25) is 4.79 Å². The van der Waals surface area contributed by atoms with Gasteiger partial charge in [0.25, 0.3) is 0 Å². The Kier molecular flexibility index (Phi) is 3.46. The molecule has 4 rings (SSSR count). The molecule has 2 aromatic carbocycles. The van der Waals surface area contributed by atoms with Crippen LogP contribution in [0.5, 0.6) is 5.75 Å². The minimum Gasteiger partial charge on any atom is -0.493 e. The average molecular weight is 334 g/mol. The lowest BCUT2D eigenvalue weighted by molar-refractivity contribution is 0.100. The Balaban J connectivity index is 1.74. The molecule has 0 fully saturated rings. The highest BCUT2D eigenvalue weighted by Gasteiger charge is 2.20. The molecular formula is C18H14N4O3. The van der Waals surface area contributed by atoms with Gasteiger partial charge in [-0.2, -0.15) is 0 Å². The number of hydrogen-bond donors (Lipinski definition) is 3. The number of aliphatic imine (C=N–C) groups is 1. The van der Waals surface area contributed by atoms with E-state index in [1.54, 1.807) is 30.3 Å². The fourth-order valence-corrected chi connectivity index (χ4v) is 2.64. The lowest BCUT2D eigenvalue weighted by Crippen LogP contribution is -2.22. The lowest BCUT2D eigenvalue weighted by atomic mass is 10.2. The summed E-state index contributed by atoms with van der Waals surface area (Å²) in [5.41, 5.74) is 7.85. The van der Waals surface area contributed by atoms with E-state index in [0.717, 1.165) is 11.1 Å². The number of para-hydroxylation sites is 1. The van der Waals surface area contributed by atoms with Crippen LogP contribution in [0, 0.1) is 0 Å². The molecule has 0 radical (unpaired) electrons. The van der Waals surface area contributed by atoms with Gasteiger partial charge >= 0.3 is 0 Å². The maximum atomic E-state index is 11.3. The molecule has 0 saturated heterocycles. The van der Waals surface area contributed by atoms with Gasteiger partial charge in [0.2, 0.25) is 11.8 Å². The molecule has 1 aliphatic rings. The van der Waals surface area contributed by atoms with Crippen molar-refractivity contribution in [2.24, 2.45) is 10.7 Å². The number of carbonyl (C=O) groups excluding carboxylic acids is 1. The van der Waals surface area contributed by atoms with Gasteiger partial charge < -0.3 is 20.6 Å². The zero-order chi connectivity index (χ0) is 17.4. The summed E-state index contributed by atoms with van der Waals surface area (Å²) >= 11 is 0. The number of nitrogens with zero attached hydrogens (tertiary/aromatic N) is 2. The van der Waals surface area contributed by atoms with Crippen LogP contribution < -0.4 is 10.5 Å². The first-order valence-electron chi connectivity index (χ1n) is 7.61. The molecule has 25 heavy (non-hydrogen) atoms. The molecule has 124 valence electrons. The number of fused-ring (bicyclic) bond motifs is 1. The third-order valence-corrected chi connectivity index (χ3v) is 3.89. The first kappa shape index (κ1) is 14.9. The number of carbonyl (C=O) groups is 1. The van der Waals surface area contributed by atoms with Crippen molar-refractivity contribution in [2.75, 3.05) is 0 Å². The van der Waals surface area contributed by atoms with E-state index in [1.165, 1.54) is 6.20 Å². The molecule has 3 aromatic rings. The average Bonchev–Trinajstić information content (AvgIpc) is 3.21. The number of hydrogen-bond acceptors (Lipinski definition) is 4. The number of aliphatic hydroxyl groups is 1. The van der Waals surface area contributed by atoms with Crippen LogP contribution in [0.3, 0.4) is 0 Å². The SMILES string of the molecule is NC(=O)c1ccc2[nH]c(-c3ccccc3OC3C=CN=C3O)nc2c1. The first-order chi connectivity index (χ1) is 12.1. The number of nitrogens with two attached hydrogens (primary N) is 1. The van der Waals surface area contributed by atoms with Gasteiger partial charge in [-0.1, -0.05) is 12.1 Å². The van der Waals surface area contributed by atoms with E-state index in [9.17, 15) is 9.90 Å². The van der Waals surface area contributed by atoms with Crippen LogP contribution >= 0.6 is 0 Å². The molecule has 0 spiro atoms. The van der Waals surface area contributed by atoms with Crippen LogP contribution in [0.25, 0.3) is 22.4 Å². The van der Waals surface area contributed by atoms with Crippen molar-refractivity contribution in [3.05, 3.63) is 60.3 Å². The second kappa shape index (κ2) is 5.79. The van der Waals surface area contributed by atoms with Crippen molar-refractivity contribution in [3.8, 4) is 17.1 Å². The van der Waals surface area contributed by atoms with Crippen molar-refractivity contribution >= 4 is 22.8 Å². The summed E-state index contributed by atoms with van der Waals surface area (Å²) in [6.45, 7) is 0. The van der Waals surface area contributed by atoms with E-state index >= 15 is 0 Å². The molecule has 1 aromatic heterocycles. The molecule has 4 N–H and O–H groups in total. The molecule has 0 bridgehead atoms. The van der Waals surface area contributed by atoms with Gasteiger partial charge in [-0.25, -0.2) is 9.98 Å². The predicted octanol–water partition coefficient (Wildman–Crippen LogP) is 2.56. The van der Waals surface area contributed by atoms with Gasteiger partial charge in [0, 0.05) is 11.8 Å². The van der Waals surface area contributed by atoms with Gasteiger partial charge in [0.15, 0.2) is 6.10 Å². The second-order valence-corrected chi connectivity index (χ2v) is 5.55. The maximum Gasteiger partial charge on any atom is 0.248 e. The second-order valence-electron chi connectivity index (χ2n) is 5.55. The van der Waals surface area contributed by atoms with E-state index < -0.39 is 12.0 Å². The normalized spacial score (nSPS) is 16.2. The fourth-order valence-electron chi connectivity index (χ4n) is 2.64. The van der Waals surface area contributed by atoms with Crippen molar-refractivity contribution in [1.29, 1.82) is 0 Å². The summed E-state index contributed by atoms with van der Waals surface area (Å²) in [7, 11) is 0. The van der Waals surface area contributed by atoms with E-state index in [2.05, 4.69) is 15.0 Å². The number of aromatic nitrogens is 2. The molecule has 1 atom stereocenters. The number of benzene rings is 2. The maximum absolute atomic E-state index is 11.3. The number of H-pyrrole nitrogens is 1. The zero-order valence-electron chi connectivity index (χ0n) is 13.0. The largest absolute Gasteiger partial charge is 0.493 e. The lowest BCUT2D eigenvalue weighted by Gasteiger charge is -2.13. The molecule has 7 heteroatoms. The van der Waals surface area contributed by atoms with Crippen LogP contribution in [0.4, 0.5) is 0 Å². The van der Waals surface area contributed by atoms with Gasteiger partial charge in [0.1, 0.15) is 11.6 Å². The van der Waals surface area contributed by atoms with E-state index in [0.29, 0.717) is 22.7 Å². The zero-order valence-corrected chi connectivity index (χ0v) is 13.0. The molecule has 1 unspecified atom stereocenters. The van der Waals surface area contributed by atoms with Crippen LogP contribution in [0.1, 0.15) is 10.4 Å². The Morgan fingerprint density at radius 1 is 1.24 bits per heavy atom. The number of amides is 1. The molecule has 2 heterocycles. The van der Waals surface area contributed by atoms with Crippen molar-refractivity contribution < 1.29 is 14.6 Å². The highest BCUT2D eigenvalue weighted by Crippen LogP contribution is 2.30. The predicted molar refractivity (Wildman–Crippen MR) is 93.7 cm³/mol. The third kappa shape index (κ3) is 2.72. The Bertz CT molecular complexity index is 1040. The number of aromatic amines is 1. The number of primary amides is 1. The van der Waals surface area contributed by atoms with Crippen LogP contribution in [0.15, 0.2) is 59.7 Å². The summed E-state index contributed by atoms with van der Waals surface area (Å²) in [4.78, 5) is 22.8. The highest BCUT2D eigenvalue weighted by molar-refractivity contribution is 5.96. The minimum absolute atomic E-state index is 0.0921. The topological polar surface area (TPSA) is 114 Å². The molecular weight excluding hydrogens is 320 g/mol. The van der Waals surface area contributed by atoms with Gasteiger partial charge in [0.05, 0.1) is 16.6 Å². The monoisotopic (exact) mass is 334 g/mol. The first-order valence-corrected chi connectivity index (χ1v) is 7.61. The summed E-state index contributed by atoms with van der Waals surface area (Å²) in [5, 5.41) is 9.70. The summed E-state index contributed by atoms with van der Waals surface area (Å²) in [6, 6.07) is 12.4. The molecule has 1 aliphatic heterocycles. The number of aliphatic hydroxyl groups excluding tert-OH is 1. The molecule has 0 saturated carbocycles. The smallest absolute Gasteiger partial charge is 0.248 e. The summed E-state index contributed by atoms with van der Waals surface area (Å²) < 4.78 is 5.83. The standard InChI is InChI=1S/C18H14N4O3/c19-16(23)10-5-6-12-13(9-10)22-17(21-12)11-3-1-2-4-14(11)25-15-7-8-20-18(15)24/h1-9,15H,(H2,19,23)(H,20,24)(H,21,22). The molecule has 0 aliphatic carbocycles. The highest BCUT2D eigenvalue weighted by atomic mass is 16.5. The van der Waals surface area contributed by atoms with Crippen molar-refractivity contribution in [1.82, 2.24) is 9.97 Å². The Hall–Kier alpha value is -3.61. The summed E-state index contributed by atoms with van der Waals surface area (Å²) in [6.07, 6.45) is 2.53. The Morgan fingerprint density at radius 2 is 2.08 bits per heavy atom. The Labute approximate surface area is 142 Å². The van der Waals surface area contributed by atoms with Crippen molar-refractivity contribution in [3.63, 3.8) is 0 Å². The van der Waals surface area contributed by atoms with Crippen molar-refractivity contribution in [2.45, 2.75) is 6.10 Å². The van der Waals surface area contributed by atoms with E-state index in [4.69, 9.17) is 10.5 Å². The van der Waals surface area contributed by atoms with Crippen LogP contribution in [0.2, 0.25) is 0 Å². The van der Waals surface area contributed by atoms with E-state index in [-0.39, 0.29) is 5.90 Å².